The summed E-state index contributed by atoms with van der Waals surface area (Å²) in [4.78, 5) is 4.30. The molecule has 1 heterocycles. The van der Waals surface area contributed by atoms with E-state index in [1.165, 1.54) is 5.56 Å². The van der Waals surface area contributed by atoms with Gasteiger partial charge in [-0.25, -0.2) is 0 Å². The molecule has 0 aromatic heterocycles. The number of rotatable bonds is 8. The Bertz CT molecular complexity index is 605. The highest BCUT2D eigenvalue weighted by Gasteiger charge is 2.17. The van der Waals surface area contributed by atoms with Crippen LogP contribution in [0.3, 0.4) is 0 Å². The van der Waals surface area contributed by atoms with E-state index in [4.69, 9.17) is 9.47 Å². The molecule has 1 aliphatic heterocycles. The summed E-state index contributed by atoms with van der Waals surface area (Å²) in [5, 5.41) is 10.2. The number of benzene rings is 1. The lowest BCUT2D eigenvalue weighted by molar-refractivity contribution is 0.0676. The molecule has 0 saturated carbocycles. The van der Waals surface area contributed by atoms with E-state index >= 15 is 0 Å². The molecule has 27 heavy (non-hydrogen) atoms. The number of hydrogen-bond acceptors (Lipinski definition) is 4. The van der Waals surface area contributed by atoms with E-state index in [1.54, 1.807) is 7.05 Å². The molecule has 0 aliphatic carbocycles. The van der Waals surface area contributed by atoms with Crippen molar-refractivity contribution in [3.63, 3.8) is 0 Å². The van der Waals surface area contributed by atoms with Crippen LogP contribution in [-0.4, -0.2) is 51.0 Å². The van der Waals surface area contributed by atoms with E-state index in [-0.39, 0.29) is 11.6 Å². The molecule has 6 heteroatoms. The number of nitrogens with one attached hydrogen (secondary N) is 3. The zero-order chi connectivity index (χ0) is 19.7. The molecule has 1 atom stereocenters. The first-order valence-corrected chi connectivity index (χ1v) is 9.91. The van der Waals surface area contributed by atoms with Crippen molar-refractivity contribution >= 4 is 5.96 Å². The van der Waals surface area contributed by atoms with Gasteiger partial charge in [0, 0.05) is 44.4 Å². The molecule has 1 fully saturated rings. The van der Waals surface area contributed by atoms with E-state index in [0.717, 1.165) is 49.8 Å². The number of hydrogen-bond donors (Lipinski definition) is 3. The molecule has 6 nitrogen and oxygen atoms in total. The fourth-order valence-electron chi connectivity index (χ4n) is 2.92. The van der Waals surface area contributed by atoms with Gasteiger partial charge in [-0.3, -0.25) is 4.99 Å². The fraction of sp³-hybridized carbons (Fsp3) is 0.667. The number of guanidine groups is 1. The zero-order valence-corrected chi connectivity index (χ0v) is 17.5. The van der Waals surface area contributed by atoms with Gasteiger partial charge < -0.3 is 25.4 Å². The first kappa shape index (κ1) is 21.5. The van der Waals surface area contributed by atoms with Crippen LogP contribution in [0.5, 0.6) is 5.75 Å². The van der Waals surface area contributed by atoms with Crippen LogP contribution in [0.15, 0.2) is 23.2 Å². The summed E-state index contributed by atoms with van der Waals surface area (Å²) in [6.07, 6.45) is 2.43. The molecule has 0 spiro atoms. The second kappa shape index (κ2) is 10.5. The van der Waals surface area contributed by atoms with Crippen LogP contribution in [0.25, 0.3) is 0 Å². The van der Waals surface area contributed by atoms with Crippen molar-refractivity contribution in [2.75, 3.05) is 33.4 Å². The third kappa shape index (κ3) is 8.18. The van der Waals surface area contributed by atoms with Crippen LogP contribution in [0.2, 0.25) is 0 Å². The maximum absolute atomic E-state index is 6.07. The van der Waals surface area contributed by atoms with Gasteiger partial charge in [0.15, 0.2) is 5.96 Å². The van der Waals surface area contributed by atoms with Gasteiger partial charge >= 0.3 is 0 Å². The largest absolute Gasteiger partial charge is 0.491 e. The Labute approximate surface area is 164 Å². The van der Waals surface area contributed by atoms with Crippen molar-refractivity contribution in [2.24, 2.45) is 4.99 Å². The Kier molecular flexibility index (Phi) is 8.38. The van der Waals surface area contributed by atoms with Crippen molar-refractivity contribution in [2.45, 2.75) is 58.7 Å². The molecule has 0 amide bonds. The Balaban J connectivity index is 1.83. The minimum absolute atomic E-state index is 0.121. The second-order valence-corrected chi connectivity index (χ2v) is 8.09. The lowest BCUT2D eigenvalue weighted by Crippen LogP contribution is -2.44. The molecule has 1 saturated heterocycles. The van der Waals surface area contributed by atoms with Gasteiger partial charge in [0.25, 0.3) is 0 Å². The van der Waals surface area contributed by atoms with Crippen LogP contribution in [-0.2, 0) is 11.3 Å². The normalized spacial score (nSPS) is 17.8. The Morgan fingerprint density at radius 2 is 2.07 bits per heavy atom. The topological polar surface area (TPSA) is 66.9 Å². The lowest BCUT2D eigenvalue weighted by Gasteiger charge is -2.21. The van der Waals surface area contributed by atoms with Gasteiger partial charge in [-0.05, 0) is 52.2 Å². The summed E-state index contributed by atoms with van der Waals surface area (Å²) in [6.45, 7) is 12.4. The molecule has 1 aliphatic rings. The predicted octanol–water partition coefficient (Wildman–Crippen LogP) is 2.61. The summed E-state index contributed by atoms with van der Waals surface area (Å²) >= 11 is 0. The van der Waals surface area contributed by atoms with Gasteiger partial charge in [-0.2, -0.15) is 0 Å². The van der Waals surface area contributed by atoms with Crippen LogP contribution in [0.1, 0.15) is 44.7 Å². The van der Waals surface area contributed by atoms with Crippen molar-refractivity contribution in [3.8, 4) is 5.75 Å². The van der Waals surface area contributed by atoms with Gasteiger partial charge in [0.1, 0.15) is 12.4 Å². The molecule has 2 rings (SSSR count). The minimum Gasteiger partial charge on any atom is -0.491 e. The first-order valence-electron chi connectivity index (χ1n) is 9.91. The predicted molar refractivity (Wildman–Crippen MR) is 112 cm³/mol. The molecular formula is C21H36N4O2. The van der Waals surface area contributed by atoms with Crippen LogP contribution in [0.4, 0.5) is 0 Å². The van der Waals surface area contributed by atoms with E-state index in [1.807, 2.05) is 0 Å². The van der Waals surface area contributed by atoms with Crippen molar-refractivity contribution in [1.82, 2.24) is 16.0 Å². The molecule has 1 aromatic carbocycles. The smallest absolute Gasteiger partial charge is 0.191 e. The van der Waals surface area contributed by atoms with Crippen molar-refractivity contribution in [3.05, 3.63) is 29.3 Å². The van der Waals surface area contributed by atoms with Gasteiger partial charge in [-0.1, -0.05) is 12.1 Å². The second-order valence-electron chi connectivity index (χ2n) is 8.09. The number of aryl methyl sites for hydroxylation is 1. The average Bonchev–Trinajstić information content (AvgIpc) is 3.13. The van der Waals surface area contributed by atoms with Gasteiger partial charge in [0.05, 0.1) is 6.10 Å². The number of nitrogens with zero attached hydrogens (tertiary/aromatic N) is 1. The first-order chi connectivity index (χ1) is 12.9. The quantitative estimate of drug-likeness (QED) is 0.370. The van der Waals surface area contributed by atoms with Crippen LogP contribution < -0.4 is 20.7 Å². The maximum Gasteiger partial charge on any atom is 0.191 e. The third-order valence-electron chi connectivity index (χ3n) is 4.41. The standard InChI is InChI=1S/C21H36N4O2/c1-16-8-9-17(19(13-16)27-15-18-7-6-12-26-18)14-24-20(22-5)23-10-11-25-21(2,3)4/h8-9,13,18,25H,6-7,10-12,14-15H2,1-5H3,(H2,22,23,24). The lowest BCUT2D eigenvalue weighted by atomic mass is 10.1. The Morgan fingerprint density at radius 3 is 2.74 bits per heavy atom. The Morgan fingerprint density at radius 1 is 1.26 bits per heavy atom. The van der Waals surface area contributed by atoms with Gasteiger partial charge in [0.2, 0.25) is 0 Å². The van der Waals surface area contributed by atoms with Crippen LogP contribution >= 0.6 is 0 Å². The maximum atomic E-state index is 6.07. The molecule has 3 N–H and O–H groups in total. The molecule has 0 radical (unpaired) electrons. The highest BCUT2D eigenvalue weighted by Crippen LogP contribution is 2.22. The Hall–Kier alpha value is -1.79. The summed E-state index contributed by atoms with van der Waals surface area (Å²) in [5.41, 5.74) is 2.43. The average molecular weight is 377 g/mol. The van der Waals surface area contributed by atoms with Crippen LogP contribution in [0, 0.1) is 6.92 Å². The molecule has 1 aromatic rings. The summed E-state index contributed by atoms with van der Waals surface area (Å²) in [5.74, 6) is 1.71. The highest BCUT2D eigenvalue weighted by atomic mass is 16.5. The summed E-state index contributed by atoms with van der Waals surface area (Å²) in [6, 6.07) is 6.32. The van der Waals surface area contributed by atoms with E-state index < -0.39 is 0 Å². The molecular weight excluding hydrogens is 340 g/mol. The van der Waals surface area contributed by atoms with Crippen molar-refractivity contribution < 1.29 is 9.47 Å². The number of aliphatic imine (C=N–C) groups is 1. The summed E-state index contributed by atoms with van der Waals surface area (Å²) in [7, 11) is 1.79. The van der Waals surface area contributed by atoms with E-state index in [9.17, 15) is 0 Å². The minimum atomic E-state index is 0.121. The van der Waals surface area contributed by atoms with Gasteiger partial charge in [-0.15, -0.1) is 0 Å². The summed E-state index contributed by atoms with van der Waals surface area (Å²) < 4.78 is 11.7. The number of ether oxygens (including phenoxy) is 2. The molecule has 1 unspecified atom stereocenters. The fourth-order valence-corrected chi connectivity index (χ4v) is 2.92. The third-order valence-corrected chi connectivity index (χ3v) is 4.41. The zero-order valence-electron chi connectivity index (χ0n) is 17.5. The highest BCUT2D eigenvalue weighted by molar-refractivity contribution is 5.79. The monoisotopic (exact) mass is 376 g/mol. The van der Waals surface area contributed by atoms with E-state index in [2.05, 4.69) is 66.8 Å². The van der Waals surface area contributed by atoms with Crippen molar-refractivity contribution in [1.29, 1.82) is 0 Å². The SMILES string of the molecule is CN=C(NCCNC(C)(C)C)NCc1ccc(C)cc1OCC1CCCO1. The molecule has 0 bridgehead atoms. The van der Waals surface area contributed by atoms with E-state index in [0.29, 0.717) is 13.2 Å². The molecule has 152 valence electrons.